The van der Waals surface area contributed by atoms with Gasteiger partial charge in [0.05, 0.1) is 5.69 Å². The molecule has 0 saturated carbocycles. The van der Waals surface area contributed by atoms with Gasteiger partial charge in [0.1, 0.15) is 23.5 Å². The highest BCUT2D eigenvalue weighted by Gasteiger charge is 2.21. The first kappa shape index (κ1) is 22.3. The van der Waals surface area contributed by atoms with Gasteiger partial charge in [0, 0.05) is 11.8 Å². The molecule has 0 unspecified atom stereocenters. The number of aromatic hydroxyl groups is 1. The van der Waals surface area contributed by atoms with Crippen molar-refractivity contribution < 1.29 is 24.2 Å². The number of anilines is 2. The Morgan fingerprint density at radius 1 is 1.18 bits per heavy atom. The zero-order valence-corrected chi connectivity index (χ0v) is 18.2. The zero-order valence-electron chi connectivity index (χ0n) is 17.3. The second-order valence-electron chi connectivity index (χ2n) is 7.33. The highest BCUT2D eigenvalue weighted by atomic mass is 32.1. The third-order valence-corrected chi connectivity index (χ3v) is 5.37. The summed E-state index contributed by atoms with van der Waals surface area (Å²) in [6.45, 7) is 0.0188. The van der Waals surface area contributed by atoms with Crippen LogP contribution in [0.3, 0.4) is 0 Å². The van der Waals surface area contributed by atoms with E-state index in [0.717, 1.165) is 30.2 Å². The molecule has 2 amide bonds. The van der Waals surface area contributed by atoms with Gasteiger partial charge < -0.3 is 24.9 Å². The number of aromatic nitrogens is 1. The van der Waals surface area contributed by atoms with Crippen molar-refractivity contribution in [2.75, 3.05) is 10.6 Å². The molecule has 3 aromatic rings. The van der Waals surface area contributed by atoms with Gasteiger partial charge in [-0.15, -0.1) is 12.6 Å². The molecule has 10 heteroatoms. The van der Waals surface area contributed by atoms with Crippen LogP contribution in [0.2, 0.25) is 0 Å². The Hall–Kier alpha value is -3.92. The molecule has 1 atom stereocenters. The Morgan fingerprint density at radius 2 is 1.97 bits per heavy atom. The molecule has 1 aromatic heterocycles. The molecule has 0 bridgehead atoms. The van der Waals surface area contributed by atoms with Crippen LogP contribution in [0.15, 0.2) is 59.5 Å². The Bertz CT molecular complexity index is 1240. The predicted octanol–water partition coefficient (Wildman–Crippen LogP) is 3.66. The highest BCUT2D eigenvalue weighted by Crippen LogP contribution is 2.32. The second-order valence-corrected chi connectivity index (χ2v) is 7.91. The molecular weight excluding hydrogens is 446 g/mol. The summed E-state index contributed by atoms with van der Waals surface area (Å²) in [5, 5.41) is 15.1. The highest BCUT2D eigenvalue weighted by molar-refractivity contribution is 7.80. The lowest BCUT2D eigenvalue weighted by Crippen LogP contribution is -2.21. The number of hydrogen-bond donors (Lipinski definition) is 5. The van der Waals surface area contributed by atoms with E-state index in [4.69, 9.17) is 9.47 Å². The Kier molecular flexibility index (Phi) is 6.55. The van der Waals surface area contributed by atoms with Gasteiger partial charge >= 0.3 is 6.09 Å². The molecule has 4 rings (SSSR count). The van der Waals surface area contributed by atoms with Gasteiger partial charge in [0.2, 0.25) is 5.75 Å². The lowest BCUT2D eigenvalue weighted by atomic mass is 10.0. The summed E-state index contributed by atoms with van der Waals surface area (Å²) in [4.78, 5) is 39.3. The summed E-state index contributed by atoms with van der Waals surface area (Å²) in [5.41, 5.74) is 0.594. The molecule has 0 spiro atoms. The Labute approximate surface area is 194 Å². The molecule has 0 fully saturated rings. The number of H-pyrrole nitrogens is 1. The number of ether oxygens (including phenoxy) is 2. The fourth-order valence-corrected chi connectivity index (χ4v) is 3.54. The molecule has 1 aliphatic heterocycles. The second kappa shape index (κ2) is 9.70. The molecule has 1 aliphatic rings. The average molecular weight is 468 g/mol. The van der Waals surface area contributed by atoms with Crippen molar-refractivity contribution in [2.45, 2.75) is 24.9 Å². The summed E-state index contributed by atoms with van der Waals surface area (Å²) in [5.74, 6) is -0.815. The number of aromatic amines is 1. The van der Waals surface area contributed by atoms with Crippen molar-refractivity contribution in [2.24, 2.45) is 0 Å². The SMILES string of the molecule is O=C(Nc1c[nH]c(=O)c(O)c1NC(=O)c1ccc2c(c1)O[C@H](S)CC2)OCc1ccccc1. The summed E-state index contributed by atoms with van der Waals surface area (Å²) in [6, 6.07) is 14.0. The maximum Gasteiger partial charge on any atom is 0.412 e. The largest absolute Gasteiger partial charge is 0.502 e. The molecule has 2 aromatic carbocycles. The number of rotatable bonds is 5. The lowest BCUT2D eigenvalue weighted by molar-refractivity contribution is 0.102. The van der Waals surface area contributed by atoms with Gasteiger partial charge in [-0.1, -0.05) is 36.4 Å². The number of hydrogen-bond acceptors (Lipinski definition) is 7. The maximum absolute atomic E-state index is 12.8. The molecule has 2 heterocycles. The number of carbonyl (C=O) groups excluding carboxylic acids is 2. The summed E-state index contributed by atoms with van der Waals surface area (Å²) >= 11 is 4.32. The van der Waals surface area contributed by atoms with E-state index >= 15 is 0 Å². The van der Waals surface area contributed by atoms with E-state index in [-0.39, 0.29) is 29.0 Å². The van der Waals surface area contributed by atoms with Crippen LogP contribution in [0.4, 0.5) is 16.2 Å². The van der Waals surface area contributed by atoms with E-state index in [2.05, 4.69) is 28.2 Å². The number of fused-ring (bicyclic) bond motifs is 1. The number of benzene rings is 2. The van der Waals surface area contributed by atoms with Crippen LogP contribution in [0.25, 0.3) is 0 Å². The third kappa shape index (κ3) is 5.29. The minimum Gasteiger partial charge on any atom is -0.502 e. The number of thiol groups is 1. The van der Waals surface area contributed by atoms with Gasteiger partial charge in [-0.3, -0.25) is 14.9 Å². The Balaban J connectivity index is 1.51. The van der Waals surface area contributed by atoms with Crippen LogP contribution in [0.1, 0.15) is 27.9 Å². The smallest absolute Gasteiger partial charge is 0.412 e. The van der Waals surface area contributed by atoms with E-state index < -0.39 is 23.3 Å². The maximum atomic E-state index is 12.8. The molecule has 9 nitrogen and oxygen atoms in total. The monoisotopic (exact) mass is 467 g/mol. The van der Waals surface area contributed by atoms with Crippen molar-refractivity contribution in [1.82, 2.24) is 4.98 Å². The Morgan fingerprint density at radius 3 is 2.76 bits per heavy atom. The first-order valence-corrected chi connectivity index (χ1v) is 10.6. The fraction of sp³-hybridized carbons (Fsp3) is 0.174. The first-order chi connectivity index (χ1) is 15.9. The topological polar surface area (TPSA) is 130 Å². The summed E-state index contributed by atoms with van der Waals surface area (Å²) in [7, 11) is 0. The van der Waals surface area contributed by atoms with Crippen LogP contribution < -0.4 is 20.9 Å². The van der Waals surface area contributed by atoms with E-state index in [1.165, 1.54) is 0 Å². The fourth-order valence-electron chi connectivity index (χ4n) is 3.30. The normalized spacial score (nSPS) is 14.5. The first-order valence-electron chi connectivity index (χ1n) is 10.1. The van der Waals surface area contributed by atoms with Crippen LogP contribution in [-0.4, -0.2) is 27.5 Å². The molecule has 0 aliphatic carbocycles. The summed E-state index contributed by atoms with van der Waals surface area (Å²) in [6.07, 6.45) is 1.86. The lowest BCUT2D eigenvalue weighted by Gasteiger charge is -2.23. The number of aryl methyl sites for hydroxylation is 1. The van der Waals surface area contributed by atoms with E-state index in [0.29, 0.717) is 5.75 Å². The molecule has 0 radical (unpaired) electrons. The van der Waals surface area contributed by atoms with Crippen molar-refractivity contribution >= 4 is 36.0 Å². The average Bonchev–Trinajstić information content (AvgIpc) is 2.82. The van der Waals surface area contributed by atoms with E-state index in [1.54, 1.807) is 30.3 Å². The molecule has 4 N–H and O–H groups in total. The van der Waals surface area contributed by atoms with E-state index in [9.17, 15) is 19.5 Å². The van der Waals surface area contributed by atoms with Gasteiger partial charge in [-0.25, -0.2) is 4.79 Å². The third-order valence-electron chi connectivity index (χ3n) is 5.01. The van der Waals surface area contributed by atoms with E-state index in [1.807, 2.05) is 18.2 Å². The van der Waals surface area contributed by atoms with Crippen LogP contribution in [0.5, 0.6) is 11.5 Å². The standard InChI is InChI=1S/C23H21N3O6S/c27-20-19(26-21(28)15-7-6-14-8-9-18(33)32-17(14)10-15)16(11-24-22(20)29)25-23(30)31-12-13-4-2-1-3-5-13/h1-7,10-11,18,27,33H,8-9,12H2,(H,25,30)(H2,24,26,28,29)/t18-/m1/s1. The number of carbonyl (C=O) groups is 2. The molecule has 170 valence electrons. The molecule has 0 saturated heterocycles. The van der Waals surface area contributed by atoms with Crippen molar-refractivity contribution in [1.29, 1.82) is 0 Å². The van der Waals surface area contributed by atoms with Crippen molar-refractivity contribution in [3.63, 3.8) is 0 Å². The predicted molar refractivity (Wildman–Crippen MR) is 125 cm³/mol. The number of pyridine rings is 1. The summed E-state index contributed by atoms with van der Waals surface area (Å²) < 4.78 is 10.8. The van der Waals surface area contributed by atoms with Crippen LogP contribution >= 0.6 is 12.6 Å². The van der Waals surface area contributed by atoms with Gasteiger partial charge in [-0.05, 0) is 36.1 Å². The van der Waals surface area contributed by atoms with Gasteiger partial charge in [-0.2, -0.15) is 0 Å². The molecular formula is C23H21N3O6S. The minimum absolute atomic E-state index is 0.0188. The number of nitrogens with one attached hydrogen (secondary N) is 3. The van der Waals surface area contributed by atoms with Gasteiger partial charge in [0.25, 0.3) is 11.5 Å². The van der Waals surface area contributed by atoms with Crippen LogP contribution in [0, 0.1) is 0 Å². The quantitative estimate of drug-likeness (QED) is 0.364. The zero-order chi connectivity index (χ0) is 23.4. The van der Waals surface area contributed by atoms with Crippen molar-refractivity contribution in [3.8, 4) is 11.5 Å². The van der Waals surface area contributed by atoms with Gasteiger partial charge in [0.15, 0.2) is 0 Å². The number of amides is 2. The minimum atomic E-state index is -0.833. The molecule has 33 heavy (non-hydrogen) atoms. The van der Waals surface area contributed by atoms with Crippen LogP contribution in [-0.2, 0) is 17.8 Å². The van der Waals surface area contributed by atoms with Crippen molar-refractivity contribution in [3.05, 3.63) is 81.8 Å².